The number of hydrogen-bond acceptors (Lipinski definition) is 6. The Morgan fingerprint density at radius 1 is 1.22 bits per heavy atom. The van der Waals surface area contributed by atoms with Crippen molar-refractivity contribution in [3.8, 4) is 5.69 Å². The molecule has 2 aromatic rings. The van der Waals surface area contributed by atoms with E-state index in [2.05, 4.69) is 15.2 Å². The highest BCUT2D eigenvalue weighted by molar-refractivity contribution is 7.80. The van der Waals surface area contributed by atoms with Gasteiger partial charge < -0.3 is 10.6 Å². The van der Waals surface area contributed by atoms with Crippen molar-refractivity contribution in [2.45, 2.75) is 19.3 Å². The predicted molar refractivity (Wildman–Crippen MR) is 89.5 cm³/mol. The van der Waals surface area contributed by atoms with Crippen LogP contribution in [0.5, 0.6) is 0 Å². The van der Waals surface area contributed by atoms with Gasteiger partial charge >= 0.3 is 0 Å². The Morgan fingerprint density at radius 2 is 1.87 bits per heavy atom. The van der Waals surface area contributed by atoms with E-state index in [-0.39, 0.29) is 5.69 Å². The Kier molecular flexibility index (Phi) is 4.20. The van der Waals surface area contributed by atoms with Crippen LogP contribution in [0.25, 0.3) is 5.69 Å². The molecule has 2 N–H and O–H groups in total. The standard InChI is InChI=1S/C14H16N6O2S/c15-13-12(14(23)18-8-2-1-3-9-18)16-17-19(13)10-4-6-11(7-5-10)20(21)22/h4-7H,1-3,8-9,15H2. The van der Waals surface area contributed by atoms with E-state index in [9.17, 15) is 10.1 Å². The molecule has 0 amide bonds. The van der Waals surface area contributed by atoms with E-state index in [1.807, 2.05) is 0 Å². The van der Waals surface area contributed by atoms with Gasteiger partial charge in [-0.1, -0.05) is 17.4 Å². The Bertz CT molecular complexity index is 736. The summed E-state index contributed by atoms with van der Waals surface area (Å²) in [5, 5.41) is 18.8. The van der Waals surface area contributed by atoms with E-state index in [0.717, 1.165) is 25.9 Å². The molecule has 0 spiro atoms. The van der Waals surface area contributed by atoms with Gasteiger partial charge in [-0.2, -0.15) is 4.68 Å². The molecule has 1 aromatic heterocycles. The van der Waals surface area contributed by atoms with Crippen molar-refractivity contribution in [2.24, 2.45) is 0 Å². The maximum absolute atomic E-state index is 10.7. The first-order valence-electron chi connectivity index (χ1n) is 7.33. The average Bonchev–Trinajstić information content (AvgIpc) is 2.96. The molecular formula is C14H16N6O2S. The normalized spacial score (nSPS) is 14.7. The van der Waals surface area contributed by atoms with E-state index in [0.29, 0.717) is 22.2 Å². The van der Waals surface area contributed by atoms with E-state index >= 15 is 0 Å². The molecule has 1 aliphatic heterocycles. The van der Waals surface area contributed by atoms with Gasteiger partial charge in [-0.3, -0.25) is 10.1 Å². The van der Waals surface area contributed by atoms with Crippen LogP contribution in [0.3, 0.4) is 0 Å². The number of non-ortho nitro benzene ring substituents is 1. The number of hydrogen-bond donors (Lipinski definition) is 1. The highest BCUT2D eigenvalue weighted by Crippen LogP contribution is 2.21. The van der Waals surface area contributed by atoms with Crippen LogP contribution < -0.4 is 5.73 Å². The summed E-state index contributed by atoms with van der Waals surface area (Å²) in [6, 6.07) is 5.96. The topological polar surface area (TPSA) is 103 Å². The lowest BCUT2D eigenvalue weighted by Gasteiger charge is -2.28. The monoisotopic (exact) mass is 332 g/mol. The smallest absolute Gasteiger partial charge is 0.269 e. The van der Waals surface area contributed by atoms with Crippen LogP contribution in [0.2, 0.25) is 0 Å². The summed E-state index contributed by atoms with van der Waals surface area (Å²) in [7, 11) is 0. The summed E-state index contributed by atoms with van der Waals surface area (Å²) in [5.74, 6) is 0.342. The van der Waals surface area contributed by atoms with E-state index in [1.54, 1.807) is 12.1 Å². The Labute approximate surface area is 138 Å². The van der Waals surface area contributed by atoms with Crippen molar-refractivity contribution in [2.75, 3.05) is 18.8 Å². The number of thiocarbonyl (C=S) groups is 1. The third kappa shape index (κ3) is 3.00. The molecule has 1 fully saturated rings. The molecule has 3 rings (SSSR count). The third-order valence-electron chi connectivity index (χ3n) is 3.86. The molecule has 23 heavy (non-hydrogen) atoms. The number of nitrogens with zero attached hydrogens (tertiary/aromatic N) is 5. The summed E-state index contributed by atoms with van der Waals surface area (Å²) < 4.78 is 1.44. The molecule has 0 aliphatic carbocycles. The fraction of sp³-hybridized carbons (Fsp3) is 0.357. The first kappa shape index (κ1) is 15.3. The van der Waals surface area contributed by atoms with Crippen LogP contribution in [0.15, 0.2) is 24.3 Å². The second-order valence-corrected chi connectivity index (χ2v) is 5.75. The number of benzene rings is 1. The van der Waals surface area contributed by atoms with Crippen molar-refractivity contribution >= 4 is 28.7 Å². The lowest BCUT2D eigenvalue weighted by Crippen LogP contribution is -2.35. The second-order valence-electron chi connectivity index (χ2n) is 5.36. The highest BCUT2D eigenvalue weighted by Gasteiger charge is 2.21. The highest BCUT2D eigenvalue weighted by atomic mass is 32.1. The first-order valence-corrected chi connectivity index (χ1v) is 7.74. The molecule has 8 nitrogen and oxygen atoms in total. The van der Waals surface area contributed by atoms with E-state index < -0.39 is 4.92 Å². The fourth-order valence-corrected chi connectivity index (χ4v) is 2.92. The minimum atomic E-state index is -0.453. The van der Waals surface area contributed by atoms with Gasteiger partial charge in [0.25, 0.3) is 5.69 Å². The molecule has 0 saturated carbocycles. The summed E-state index contributed by atoms with van der Waals surface area (Å²) >= 11 is 5.49. The lowest BCUT2D eigenvalue weighted by molar-refractivity contribution is -0.384. The van der Waals surface area contributed by atoms with E-state index in [1.165, 1.54) is 23.2 Å². The van der Waals surface area contributed by atoms with Gasteiger partial charge in [-0.05, 0) is 31.4 Å². The van der Waals surface area contributed by atoms with Gasteiger partial charge in [0.1, 0.15) is 4.99 Å². The second kappa shape index (κ2) is 6.29. The summed E-state index contributed by atoms with van der Waals surface area (Å²) in [6.07, 6.45) is 3.43. The van der Waals surface area contributed by atoms with Gasteiger partial charge in [-0.15, -0.1) is 5.10 Å². The van der Waals surface area contributed by atoms with Crippen LogP contribution in [-0.4, -0.2) is 42.9 Å². The van der Waals surface area contributed by atoms with Crippen LogP contribution in [-0.2, 0) is 0 Å². The lowest BCUT2D eigenvalue weighted by atomic mass is 10.1. The maximum atomic E-state index is 10.7. The molecule has 2 heterocycles. The Morgan fingerprint density at radius 3 is 2.48 bits per heavy atom. The van der Waals surface area contributed by atoms with Crippen molar-refractivity contribution in [1.82, 2.24) is 19.9 Å². The Hall–Kier alpha value is -2.55. The molecular weight excluding hydrogens is 316 g/mol. The molecule has 120 valence electrons. The SMILES string of the molecule is Nc1c(C(=S)N2CCCCC2)nnn1-c1ccc([N+](=O)[O-])cc1. The molecule has 1 aromatic carbocycles. The Balaban J connectivity index is 1.86. The largest absolute Gasteiger partial charge is 0.382 e. The molecule has 0 radical (unpaired) electrons. The number of rotatable bonds is 3. The quantitative estimate of drug-likeness (QED) is 0.520. The fourth-order valence-electron chi connectivity index (χ4n) is 2.59. The third-order valence-corrected chi connectivity index (χ3v) is 4.31. The van der Waals surface area contributed by atoms with Crippen LogP contribution in [0, 0.1) is 10.1 Å². The summed E-state index contributed by atoms with van der Waals surface area (Å²) in [6.45, 7) is 1.81. The van der Waals surface area contributed by atoms with Crippen molar-refractivity contribution in [1.29, 1.82) is 0 Å². The number of likely N-dealkylation sites (tertiary alicyclic amines) is 1. The van der Waals surface area contributed by atoms with Gasteiger partial charge in [0.2, 0.25) is 0 Å². The molecule has 1 aliphatic rings. The minimum absolute atomic E-state index is 0.0106. The number of piperidine rings is 1. The number of nitrogen functional groups attached to an aromatic ring is 1. The maximum Gasteiger partial charge on any atom is 0.269 e. The van der Waals surface area contributed by atoms with Gasteiger partial charge in [0, 0.05) is 25.2 Å². The molecule has 9 heteroatoms. The number of anilines is 1. The minimum Gasteiger partial charge on any atom is -0.382 e. The number of nitro benzene ring substituents is 1. The predicted octanol–water partition coefficient (Wildman–Crippen LogP) is 1.92. The number of nitro groups is 1. The van der Waals surface area contributed by atoms with Crippen molar-refractivity contribution in [3.05, 3.63) is 40.1 Å². The molecule has 1 saturated heterocycles. The zero-order valence-corrected chi connectivity index (χ0v) is 13.2. The van der Waals surface area contributed by atoms with Gasteiger partial charge in [0.15, 0.2) is 11.5 Å². The summed E-state index contributed by atoms with van der Waals surface area (Å²) in [5.41, 5.74) is 7.23. The number of aromatic nitrogens is 3. The van der Waals surface area contributed by atoms with Crippen molar-refractivity contribution in [3.63, 3.8) is 0 Å². The van der Waals surface area contributed by atoms with Gasteiger partial charge in [0.05, 0.1) is 10.6 Å². The zero-order valence-electron chi connectivity index (χ0n) is 12.4. The summed E-state index contributed by atoms with van der Waals surface area (Å²) in [4.78, 5) is 13.0. The molecule has 0 bridgehead atoms. The van der Waals surface area contributed by atoms with Crippen LogP contribution >= 0.6 is 12.2 Å². The van der Waals surface area contributed by atoms with Crippen LogP contribution in [0.4, 0.5) is 11.5 Å². The number of nitrogens with two attached hydrogens (primary N) is 1. The van der Waals surface area contributed by atoms with Crippen LogP contribution in [0.1, 0.15) is 25.0 Å². The average molecular weight is 332 g/mol. The first-order chi connectivity index (χ1) is 11.1. The van der Waals surface area contributed by atoms with Gasteiger partial charge in [-0.25, -0.2) is 0 Å². The van der Waals surface area contributed by atoms with E-state index in [4.69, 9.17) is 18.0 Å². The molecule has 0 unspecified atom stereocenters. The van der Waals surface area contributed by atoms with Crippen molar-refractivity contribution < 1.29 is 4.92 Å². The zero-order chi connectivity index (χ0) is 16.4. The molecule has 0 atom stereocenters.